The summed E-state index contributed by atoms with van der Waals surface area (Å²) in [5.74, 6) is 0.449. The van der Waals surface area contributed by atoms with Gasteiger partial charge in [0.2, 0.25) is 11.8 Å². The average Bonchev–Trinajstić information content (AvgIpc) is 2.69. The lowest BCUT2D eigenvalue weighted by atomic mass is 10.2. The fourth-order valence-corrected chi connectivity index (χ4v) is 2.59. The fraction of sp³-hybridized carbons (Fsp3) is 0.190. The van der Waals surface area contributed by atoms with E-state index in [0.717, 1.165) is 0 Å². The van der Waals surface area contributed by atoms with Gasteiger partial charge in [-0.3, -0.25) is 4.79 Å². The van der Waals surface area contributed by atoms with Crippen LogP contribution < -0.4 is 20.1 Å². The Balaban J connectivity index is 1.65. The molecule has 1 aromatic heterocycles. The lowest BCUT2D eigenvalue weighted by molar-refractivity contribution is -0.118. The molecular formula is C21H21FN4O3. The topological polar surface area (TPSA) is 85.4 Å². The first-order valence-corrected chi connectivity index (χ1v) is 8.89. The summed E-state index contributed by atoms with van der Waals surface area (Å²) in [4.78, 5) is 20.7. The molecule has 2 N–H and O–H groups in total. The Labute approximate surface area is 167 Å². The van der Waals surface area contributed by atoms with Crippen LogP contribution >= 0.6 is 0 Å². The van der Waals surface area contributed by atoms with Gasteiger partial charge in [-0.2, -0.15) is 4.98 Å². The number of nitrogens with one attached hydrogen (secondary N) is 2. The molecule has 0 aliphatic heterocycles. The molecule has 8 heteroatoms. The number of nitrogens with zero attached hydrogens (tertiary/aromatic N) is 2. The molecule has 29 heavy (non-hydrogen) atoms. The summed E-state index contributed by atoms with van der Waals surface area (Å²) >= 11 is 0. The van der Waals surface area contributed by atoms with E-state index in [0.29, 0.717) is 28.4 Å². The summed E-state index contributed by atoms with van der Waals surface area (Å²) in [5, 5.41) is 5.74. The van der Waals surface area contributed by atoms with Crippen molar-refractivity contribution in [2.75, 3.05) is 24.4 Å². The molecule has 0 atom stereocenters. The summed E-state index contributed by atoms with van der Waals surface area (Å²) in [7, 11) is 1.53. The van der Waals surface area contributed by atoms with Crippen LogP contribution in [-0.4, -0.2) is 29.6 Å². The number of methoxy groups -OCH3 is 1. The molecule has 0 radical (unpaired) electrons. The number of ether oxygens (including phenoxy) is 2. The predicted molar refractivity (Wildman–Crippen MR) is 108 cm³/mol. The first-order chi connectivity index (χ1) is 13.9. The highest BCUT2D eigenvalue weighted by Crippen LogP contribution is 2.23. The first kappa shape index (κ1) is 20.1. The number of amides is 1. The minimum atomic E-state index is -0.352. The Morgan fingerprint density at radius 2 is 1.90 bits per heavy atom. The van der Waals surface area contributed by atoms with Gasteiger partial charge in [0.1, 0.15) is 11.6 Å². The van der Waals surface area contributed by atoms with E-state index >= 15 is 0 Å². The van der Waals surface area contributed by atoms with E-state index in [4.69, 9.17) is 9.47 Å². The molecule has 7 nitrogen and oxygen atoms in total. The zero-order valence-corrected chi connectivity index (χ0v) is 16.3. The molecule has 1 amide bonds. The fourth-order valence-electron chi connectivity index (χ4n) is 2.59. The van der Waals surface area contributed by atoms with Crippen LogP contribution in [0.4, 0.5) is 21.7 Å². The summed E-state index contributed by atoms with van der Waals surface area (Å²) in [6.45, 7) is 3.22. The Kier molecular flexibility index (Phi) is 6.23. The second-order valence-electron chi connectivity index (χ2n) is 6.30. The standard InChI is InChI=1S/C21H21FN4O3/c1-13-10-15(8-9-16(13)22)24-21-23-14(2)11-20(26-21)29-12-19(27)25-17-6-4-5-7-18(17)28-3/h4-11H,12H2,1-3H3,(H,25,27)(H,23,24,26). The Hall–Kier alpha value is -3.68. The molecule has 0 unspecified atom stereocenters. The second kappa shape index (κ2) is 9.01. The Morgan fingerprint density at radius 3 is 2.66 bits per heavy atom. The smallest absolute Gasteiger partial charge is 0.262 e. The first-order valence-electron chi connectivity index (χ1n) is 8.89. The van der Waals surface area contributed by atoms with Crippen molar-refractivity contribution < 1.29 is 18.7 Å². The van der Waals surface area contributed by atoms with Crippen molar-refractivity contribution in [3.63, 3.8) is 0 Å². The van der Waals surface area contributed by atoms with E-state index in [-0.39, 0.29) is 30.2 Å². The van der Waals surface area contributed by atoms with Gasteiger partial charge in [-0.15, -0.1) is 0 Å². The van der Waals surface area contributed by atoms with Crippen LogP contribution in [-0.2, 0) is 4.79 Å². The van der Waals surface area contributed by atoms with Crippen molar-refractivity contribution in [2.45, 2.75) is 13.8 Å². The van der Waals surface area contributed by atoms with Gasteiger partial charge in [0, 0.05) is 17.4 Å². The number of anilines is 3. The molecule has 3 aromatic rings. The number of aromatic nitrogens is 2. The number of benzene rings is 2. The Bertz CT molecular complexity index is 1030. The number of rotatable bonds is 7. The van der Waals surface area contributed by atoms with Gasteiger partial charge >= 0.3 is 0 Å². The molecule has 1 heterocycles. The van der Waals surface area contributed by atoms with Crippen LogP contribution in [0.2, 0.25) is 0 Å². The number of carbonyl (C=O) groups excluding carboxylic acids is 1. The molecule has 2 aromatic carbocycles. The van der Waals surface area contributed by atoms with E-state index in [1.54, 1.807) is 50.2 Å². The monoisotopic (exact) mass is 396 g/mol. The van der Waals surface area contributed by atoms with Gasteiger partial charge in [0.05, 0.1) is 12.8 Å². The molecule has 0 fully saturated rings. The predicted octanol–water partition coefficient (Wildman–Crippen LogP) is 4.00. The van der Waals surface area contributed by atoms with E-state index in [2.05, 4.69) is 20.6 Å². The van der Waals surface area contributed by atoms with Gasteiger partial charge in [-0.1, -0.05) is 12.1 Å². The van der Waals surface area contributed by atoms with E-state index < -0.39 is 0 Å². The highest BCUT2D eigenvalue weighted by atomic mass is 19.1. The minimum Gasteiger partial charge on any atom is -0.495 e. The maximum atomic E-state index is 13.4. The lowest BCUT2D eigenvalue weighted by Crippen LogP contribution is -2.21. The van der Waals surface area contributed by atoms with Crippen molar-refractivity contribution in [1.82, 2.24) is 9.97 Å². The summed E-state index contributed by atoms with van der Waals surface area (Å²) < 4.78 is 24.1. The van der Waals surface area contributed by atoms with Gasteiger partial charge in [0.25, 0.3) is 5.91 Å². The van der Waals surface area contributed by atoms with Gasteiger partial charge in [-0.05, 0) is 49.7 Å². The van der Waals surface area contributed by atoms with Crippen LogP contribution in [0, 0.1) is 19.7 Å². The summed E-state index contributed by atoms with van der Waals surface area (Å²) in [6, 6.07) is 13.3. The van der Waals surface area contributed by atoms with E-state index in [1.165, 1.54) is 13.2 Å². The summed E-state index contributed by atoms with van der Waals surface area (Å²) in [6.07, 6.45) is 0. The third kappa shape index (κ3) is 5.41. The molecule has 3 rings (SSSR count). The van der Waals surface area contributed by atoms with Crippen molar-refractivity contribution in [3.8, 4) is 11.6 Å². The SMILES string of the molecule is COc1ccccc1NC(=O)COc1cc(C)nc(Nc2ccc(F)c(C)c2)n1. The number of para-hydroxylation sites is 2. The van der Waals surface area contributed by atoms with Gasteiger partial charge < -0.3 is 20.1 Å². The number of carbonyl (C=O) groups is 1. The maximum Gasteiger partial charge on any atom is 0.262 e. The number of halogens is 1. The summed E-state index contributed by atoms with van der Waals surface area (Å²) in [5.41, 5.74) is 2.36. The van der Waals surface area contributed by atoms with Crippen molar-refractivity contribution in [2.24, 2.45) is 0 Å². The van der Waals surface area contributed by atoms with Gasteiger partial charge in [0.15, 0.2) is 6.61 Å². The number of hydrogen-bond donors (Lipinski definition) is 2. The molecule has 0 saturated carbocycles. The molecule has 150 valence electrons. The zero-order valence-electron chi connectivity index (χ0n) is 16.3. The van der Waals surface area contributed by atoms with Crippen LogP contribution in [0.3, 0.4) is 0 Å². The molecule has 0 aliphatic carbocycles. The van der Waals surface area contributed by atoms with E-state index in [1.807, 2.05) is 6.07 Å². The molecule has 0 bridgehead atoms. The zero-order chi connectivity index (χ0) is 20.8. The van der Waals surface area contributed by atoms with Crippen molar-refractivity contribution in [1.29, 1.82) is 0 Å². The molecule has 0 spiro atoms. The third-order valence-corrected chi connectivity index (χ3v) is 3.98. The molecule has 0 saturated heterocycles. The molecule has 0 aliphatic rings. The maximum absolute atomic E-state index is 13.4. The number of hydrogen-bond acceptors (Lipinski definition) is 6. The van der Waals surface area contributed by atoms with Crippen LogP contribution in [0.1, 0.15) is 11.3 Å². The third-order valence-electron chi connectivity index (χ3n) is 3.98. The van der Waals surface area contributed by atoms with E-state index in [9.17, 15) is 9.18 Å². The normalized spacial score (nSPS) is 10.3. The van der Waals surface area contributed by atoms with Gasteiger partial charge in [-0.25, -0.2) is 9.37 Å². The van der Waals surface area contributed by atoms with Crippen LogP contribution in [0.15, 0.2) is 48.5 Å². The highest BCUT2D eigenvalue weighted by molar-refractivity contribution is 5.93. The largest absolute Gasteiger partial charge is 0.495 e. The van der Waals surface area contributed by atoms with Crippen molar-refractivity contribution >= 4 is 23.2 Å². The quantitative estimate of drug-likeness (QED) is 0.628. The highest BCUT2D eigenvalue weighted by Gasteiger charge is 2.10. The lowest BCUT2D eigenvalue weighted by Gasteiger charge is -2.11. The Morgan fingerprint density at radius 1 is 1.10 bits per heavy atom. The molecular weight excluding hydrogens is 375 g/mol. The van der Waals surface area contributed by atoms with Crippen LogP contribution in [0.25, 0.3) is 0 Å². The van der Waals surface area contributed by atoms with Crippen LogP contribution in [0.5, 0.6) is 11.6 Å². The minimum absolute atomic E-state index is 0.233. The second-order valence-corrected chi connectivity index (χ2v) is 6.30. The average molecular weight is 396 g/mol. The number of aryl methyl sites for hydroxylation is 2. The van der Waals surface area contributed by atoms with Crippen molar-refractivity contribution in [3.05, 3.63) is 65.6 Å².